The molecule has 0 aromatic heterocycles. The second kappa shape index (κ2) is 16.4. The van der Waals surface area contributed by atoms with Crippen LogP contribution >= 0.6 is 0 Å². The van der Waals surface area contributed by atoms with Gasteiger partial charge in [0.25, 0.3) is 17.7 Å². The van der Waals surface area contributed by atoms with E-state index in [-0.39, 0.29) is 34.8 Å². The Kier molecular flexibility index (Phi) is 12.3. The maximum Gasteiger partial charge on any atom is 0.264 e. The number of rotatable bonds is 18. The Morgan fingerprint density at radius 3 is 2.13 bits per heavy atom. The van der Waals surface area contributed by atoms with Crippen LogP contribution < -0.4 is 21.1 Å². The van der Waals surface area contributed by atoms with Crippen LogP contribution in [0, 0.1) is 0 Å². The largest absolute Gasteiger partial charge is 0.384 e. The second-order valence-corrected chi connectivity index (χ2v) is 12.0. The minimum Gasteiger partial charge on any atom is -0.384 e. The first-order valence-electron chi connectivity index (χ1n) is 14.8. The van der Waals surface area contributed by atoms with Crippen LogP contribution in [0.15, 0.2) is 47.4 Å². The van der Waals surface area contributed by atoms with Crippen molar-refractivity contribution in [2.75, 3.05) is 58.0 Å². The van der Waals surface area contributed by atoms with Crippen molar-refractivity contribution < 1.29 is 46.6 Å². The Bertz CT molecular complexity index is 1550. The molecule has 1 saturated heterocycles. The maximum absolute atomic E-state index is 13.1. The van der Waals surface area contributed by atoms with Crippen LogP contribution in [0.3, 0.4) is 0 Å². The van der Waals surface area contributed by atoms with E-state index < -0.39 is 39.7 Å². The van der Waals surface area contributed by atoms with E-state index in [1.165, 1.54) is 24.3 Å². The minimum atomic E-state index is -3.81. The number of primary sulfonamides is 1. The van der Waals surface area contributed by atoms with E-state index in [1.54, 1.807) is 18.2 Å². The molecule has 0 bridgehead atoms. The van der Waals surface area contributed by atoms with E-state index in [4.69, 9.17) is 19.3 Å². The lowest BCUT2D eigenvalue weighted by molar-refractivity contribution is -0.136. The Morgan fingerprint density at radius 2 is 1.50 bits per heavy atom. The summed E-state index contributed by atoms with van der Waals surface area (Å²) in [4.78, 5) is 62.8. The molecular weight excluding hydrogens is 622 g/mol. The van der Waals surface area contributed by atoms with Gasteiger partial charge in [-0.25, -0.2) is 13.6 Å². The average molecular weight is 660 g/mol. The van der Waals surface area contributed by atoms with E-state index in [2.05, 4.69) is 16.0 Å². The van der Waals surface area contributed by atoms with Crippen LogP contribution in [0.25, 0.3) is 0 Å². The Morgan fingerprint density at radius 1 is 0.870 bits per heavy atom. The number of nitrogens with zero attached hydrogens (tertiary/aromatic N) is 1. The lowest BCUT2D eigenvalue weighted by atomic mass is 10.0. The predicted molar refractivity (Wildman–Crippen MR) is 163 cm³/mol. The highest BCUT2D eigenvalue weighted by atomic mass is 32.2. The van der Waals surface area contributed by atoms with E-state index in [0.717, 1.165) is 4.90 Å². The number of benzene rings is 2. The molecule has 2 aliphatic rings. The summed E-state index contributed by atoms with van der Waals surface area (Å²) >= 11 is 0. The van der Waals surface area contributed by atoms with Gasteiger partial charge in [-0.1, -0.05) is 6.07 Å². The monoisotopic (exact) mass is 659 g/mol. The highest BCUT2D eigenvalue weighted by molar-refractivity contribution is 7.89. The molecule has 5 N–H and O–H groups in total. The molecule has 248 valence electrons. The molecule has 16 heteroatoms. The fraction of sp³-hybridized carbons (Fsp3) is 0.433. The van der Waals surface area contributed by atoms with Crippen molar-refractivity contribution in [1.29, 1.82) is 0 Å². The molecule has 1 atom stereocenters. The van der Waals surface area contributed by atoms with Gasteiger partial charge >= 0.3 is 0 Å². The van der Waals surface area contributed by atoms with Gasteiger partial charge < -0.3 is 24.8 Å². The summed E-state index contributed by atoms with van der Waals surface area (Å²) < 4.78 is 39.1. The third-order valence-electron chi connectivity index (χ3n) is 7.19. The van der Waals surface area contributed by atoms with E-state index in [1.807, 2.05) is 0 Å². The van der Waals surface area contributed by atoms with E-state index in [9.17, 15) is 32.4 Å². The molecule has 4 rings (SSSR count). The quantitative estimate of drug-likeness (QED) is 0.127. The molecule has 15 nitrogen and oxygen atoms in total. The number of hydrogen-bond acceptors (Lipinski definition) is 11. The molecular formula is C30H37N5O10S. The number of ether oxygens (including phenoxy) is 3. The molecule has 5 amide bonds. The number of piperidine rings is 1. The van der Waals surface area contributed by atoms with Crippen molar-refractivity contribution in [3.63, 3.8) is 0 Å². The molecule has 2 heterocycles. The van der Waals surface area contributed by atoms with Gasteiger partial charge in [0.1, 0.15) is 6.04 Å². The van der Waals surface area contributed by atoms with Crippen molar-refractivity contribution in [3.05, 3.63) is 59.2 Å². The molecule has 0 aliphatic carbocycles. The summed E-state index contributed by atoms with van der Waals surface area (Å²) in [6.45, 7) is 3.29. The molecule has 0 radical (unpaired) electrons. The van der Waals surface area contributed by atoms with Crippen LogP contribution in [0.1, 0.15) is 56.8 Å². The Balaban J connectivity index is 1.01. The van der Waals surface area contributed by atoms with Crippen molar-refractivity contribution in [2.24, 2.45) is 5.14 Å². The maximum atomic E-state index is 13.1. The number of hydrogen-bond donors (Lipinski definition) is 4. The van der Waals surface area contributed by atoms with Crippen molar-refractivity contribution >= 4 is 45.2 Å². The highest BCUT2D eigenvalue weighted by Gasteiger charge is 2.45. The summed E-state index contributed by atoms with van der Waals surface area (Å²) in [5, 5.41) is 13.1. The first-order valence-corrected chi connectivity index (χ1v) is 16.4. The van der Waals surface area contributed by atoms with Gasteiger partial charge in [0.05, 0.1) is 42.4 Å². The summed E-state index contributed by atoms with van der Waals surface area (Å²) in [6, 6.07) is 9.25. The number of nitrogens with one attached hydrogen (secondary N) is 3. The zero-order valence-corrected chi connectivity index (χ0v) is 25.9. The second-order valence-electron chi connectivity index (χ2n) is 10.5. The predicted octanol–water partition coefficient (Wildman–Crippen LogP) is 0.407. The third-order valence-corrected chi connectivity index (χ3v) is 8.12. The minimum absolute atomic E-state index is 0.0602. The van der Waals surface area contributed by atoms with Crippen LogP contribution in [0.2, 0.25) is 0 Å². The fourth-order valence-corrected chi connectivity index (χ4v) is 5.39. The number of fused-ring (bicyclic) bond motifs is 1. The normalized spacial score (nSPS) is 16.4. The molecule has 0 spiro atoms. The number of amides is 5. The van der Waals surface area contributed by atoms with Gasteiger partial charge in [0.2, 0.25) is 21.8 Å². The van der Waals surface area contributed by atoms with Gasteiger partial charge in [-0.15, -0.1) is 0 Å². The summed E-state index contributed by atoms with van der Waals surface area (Å²) in [7, 11) is -3.81. The molecule has 0 saturated carbocycles. The summed E-state index contributed by atoms with van der Waals surface area (Å²) in [5.74, 6) is -2.51. The van der Waals surface area contributed by atoms with Crippen molar-refractivity contribution in [3.8, 4) is 0 Å². The lowest BCUT2D eigenvalue weighted by Gasteiger charge is -2.27. The lowest BCUT2D eigenvalue weighted by Crippen LogP contribution is -2.54. The molecule has 2 aromatic carbocycles. The van der Waals surface area contributed by atoms with E-state index in [0.29, 0.717) is 76.8 Å². The number of imide groups is 2. The van der Waals surface area contributed by atoms with Gasteiger partial charge in [-0.05, 0) is 55.7 Å². The van der Waals surface area contributed by atoms with Gasteiger partial charge in [0, 0.05) is 44.0 Å². The van der Waals surface area contributed by atoms with Crippen LogP contribution in [0.5, 0.6) is 0 Å². The third kappa shape index (κ3) is 9.17. The zero-order valence-electron chi connectivity index (χ0n) is 25.1. The molecule has 1 unspecified atom stereocenters. The average Bonchev–Trinajstić information content (AvgIpc) is 3.28. The number of carbonyl (C=O) groups is 5. The summed E-state index contributed by atoms with van der Waals surface area (Å²) in [5.41, 5.74) is 1.26. The number of anilines is 1. The first kappa shape index (κ1) is 34.6. The smallest absolute Gasteiger partial charge is 0.264 e. The molecule has 46 heavy (non-hydrogen) atoms. The highest BCUT2D eigenvalue weighted by Crippen LogP contribution is 2.32. The number of nitrogens with two attached hydrogens (primary N) is 1. The number of carbonyl (C=O) groups excluding carboxylic acids is 5. The number of sulfonamides is 1. The Labute approximate surface area is 266 Å². The van der Waals surface area contributed by atoms with Crippen LogP contribution in [-0.2, 0) is 33.8 Å². The first-order chi connectivity index (χ1) is 22.1. The van der Waals surface area contributed by atoms with Crippen LogP contribution in [-0.4, -0.2) is 102 Å². The summed E-state index contributed by atoms with van der Waals surface area (Å²) in [6.07, 6.45) is 1.38. The van der Waals surface area contributed by atoms with Gasteiger partial charge in [-0.3, -0.25) is 34.2 Å². The standard InChI is InChI=1S/C30H37N5O10S/c31-46(41,42)21-8-6-20(7-9-21)27(37)33-13-3-15-44-17-19-45-18-16-43-14-2-12-32-23-5-1-4-22-26(23)30(40)35(29(22)39)24-10-11-25(36)34-28(24)38/h1,4-9,24,32H,2-3,10-19H2,(H,33,37)(H2,31,41,42)(H,34,36,38). The molecule has 2 aromatic rings. The topological polar surface area (TPSA) is 213 Å². The van der Waals surface area contributed by atoms with E-state index >= 15 is 0 Å². The molecule has 2 aliphatic heterocycles. The van der Waals surface area contributed by atoms with Crippen LogP contribution in [0.4, 0.5) is 5.69 Å². The fourth-order valence-electron chi connectivity index (χ4n) is 4.88. The van der Waals surface area contributed by atoms with Gasteiger partial charge in [0.15, 0.2) is 0 Å². The SMILES string of the molecule is NS(=O)(=O)c1ccc(C(=O)NCCCOCCOCCOCCCNc2cccc3c2C(=O)N(C2CCC(=O)NC2=O)C3=O)cc1. The van der Waals surface area contributed by atoms with Crippen molar-refractivity contribution in [2.45, 2.75) is 36.6 Å². The van der Waals surface area contributed by atoms with Crippen molar-refractivity contribution in [1.82, 2.24) is 15.5 Å². The molecule has 1 fully saturated rings. The Hall–Kier alpha value is -4.22. The van der Waals surface area contributed by atoms with Gasteiger partial charge in [-0.2, -0.15) is 0 Å². The zero-order chi connectivity index (χ0) is 33.1.